The molecule has 0 bridgehead atoms. The lowest BCUT2D eigenvalue weighted by Crippen LogP contribution is -2.60. The molecule has 182 valence electrons. The standard InChI is InChI=1S/C25H31N9O/c1-33(2)21-5-8-28-14-20(21)31-19-11-23(30-13-18(19)24(26)35)32-22-4-3-17(12-29-22)34-15-25(16-34)6-9-27-10-7-25/h3-5,8,11-14,27H,6-7,9-10,15-16H2,1-2H3,(H2,26,35)(H2,29,30,31,32). The maximum Gasteiger partial charge on any atom is 0.252 e. The summed E-state index contributed by atoms with van der Waals surface area (Å²) in [7, 11) is 3.88. The first-order valence-corrected chi connectivity index (χ1v) is 11.8. The van der Waals surface area contributed by atoms with Crippen molar-refractivity contribution in [3.05, 3.63) is 54.6 Å². The molecular formula is C25H31N9O. The van der Waals surface area contributed by atoms with Crippen LogP contribution in [0.2, 0.25) is 0 Å². The number of carbonyl (C=O) groups is 1. The number of nitrogens with zero attached hydrogens (tertiary/aromatic N) is 5. The first kappa shape index (κ1) is 22.9. The predicted molar refractivity (Wildman–Crippen MR) is 139 cm³/mol. The lowest BCUT2D eigenvalue weighted by molar-refractivity contribution is 0.100. The Bertz CT molecular complexity index is 1200. The number of hydrogen-bond donors (Lipinski definition) is 4. The molecule has 35 heavy (non-hydrogen) atoms. The van der Waals surface area contributed by atoms with Crippen molar-refractivity contribution in [2.45, 2.75) is 12.8 Å². The van der Waals surface area contributed by atoms with Crippen LogP contribution in [0.4, 0.5) is 34.4 Å². The number of nitrogens with two attached hydrogens (primary N) is 1. The summed E-state index contributed by atoms with van der Waals surface area (Å²) in [6.07, 6.45) is 9.27. The monoisotopic (exact) mass is 473 g/mol. The molecule has 2 saturated heterocycles. The van der Waals surface area contributed by atoms with Crippen LogP contribution in [0.1, 0.15) is 23.2 Å². The van der Waals surface area contributed by atoms with Crippen molar-refractivity contribution in [1.82, 2.24) is 20.3 Å². The van der Waals surface area contributed by atoms with E-state index in [1.807, 2.05) is 37.3 Å². The molecule has 0 saturated carbocycles. The second-order valence-electron chi connectivity index (χ2n) is 9.52. The molecule has 5 N–H and O–H groups in total. The Morgan fingerprint density at radius 3 is 2.49 bits per heavy atom. The summed E-state index contributed by atoms with van der Waals surface area (Å²) in [5, 5.41) is 9.95. The van der Waals surface area contributed by atoms with Crippen LogP contribution in [0, 0.1) is 5.41 Å². The molecule has 2 aliphatic heterocycles. The summed E-state index contributed by atoms with van der Waals surface area (Å²) in [4.78, 5) is 29.5. The van der Waals surface area contributed by atoms with Gasteiger partial charge in [0.2, 0.25) is 0 Å². The molecule has 2 fully saturated rings. The van der Waals surface area contributed by atoms with Crippen molar-refractivity contribution >= 4 is 40.3 Å². The average molecular weight is 474 g/mol. The highest BCUT2D eigenvalue weighted by molar-refractivity contribution is 6.00. The highest BCUT2D eigenvalue weighted by Crippen LogP contribution is 2.41. The molecular weight excluding hydrogens is 442 g/mol. The fourth-order valence-corrected chi connectivity index (χ4v) is 4.84. The minimum absolute atomic E-state index is 0.289. The van der Waals surface area contributed by atoms with Gasteiger partial charge < -0.3 is 31.5 Å². The number of anilines is 6. The Hall–Kier alpha value is -3.92. The maximum absolute atomic E-state index is 12.0. The van der Waals surface area contributed by atoms with Gasteiger partial charge in [0.05, 0.1) is 40.7 Å². The van der Waals surface area contributed by atoms with Gasteiger partial charge in [-0.05, 0) is 44.1 Å². The summed E-state index contributed by atoms with van der Waals surface area (Å²) in [5.74, 6) is 0.655. The largest absolute Gasteiger partial charge is 0.376 e. The Morgan fingerprint density at radius 1 is 1.03 bits per heavy atom. The van der Waals surface area contributed by atoms with E-state index in [1.165, 1.54) is 19.0 Å². The molecule has 3 aromatic rings. The zero-order chi connectivity index (χ0) is 24.4. The maximum atomic E-state index is 12.0. The number of amides is 1. The summed E-state index contributed by atoms with van der Waals surface area (Å²) in [5.41, 5.74) is 9.70. The molecule has 5 rings (SSSR count). The van der Waals surface area contributed by atoms with Gasteiger partial charge in [-0.2, -0.15) is 0 Å². The fraction of sp³-hybridized carbons (Fsp3) is 0.360. The van der Waals surface area contributed by atoms with Crippen LogP contribution in [0.3, 0.4) is 0 Å². The van der Waals surface area contributed by atoms with Crippen molar-refractivity contribution < 1.29 is 4.79 Å². The number of nitrogens with one attached hydrogen (secondary N) is 3. The zero-order valence-corrected chi connectivity index (χ0v) is 20.1. The lowest BCUT2D eigenvalue weighted by Gasteiger charge is -2.53. The zero-order valence-electron chi connectivity index (χ0n) is 20.1. The topological polar surface area (TPSA) is 124 Å². The van der Waals surface area contributed by atoms with Gasteiger partial charge in [-0.3, -0.25) is 9.78 Å². The predicted octanol–water partition coefficient (Wildman–Crippen LogP) is 2.71. The molecule has 5 heterocycles. The van der Waals surface area contributed by atoms with Gasteiger partial charge in [0, 0.05) is 51.1 Å². The number of piperidine rings is 1. The van der Waals surface area contributed by atoms with Gasteiger partial charge in [0.15, 0.2) is 0 Å². The molecule has 3 aromatic heterocycles. The molecule has 0 radical (unpaired) electrons. The van der Waals surface area contributed by atoms with Crippen LogP contribution in [0.5, 0.6) is 0 Å². The van der Waals surface area contributed by atoms with E-state index in [2.05, 4.69) is 41.9 Å². The molecule has 0 unspecified atom stereocenters. The molecule has 0 aliphatic carbocycles. The van der Waals surface area contributed by atoms with Crippen LogP contribution in [0.15, 0.2) is 49.1 Å². The smallest absolute Gasteiger partial charge is 0.252 e. The molecule has 2 aliphatic rings. The summed E-state index contributed by atoms with van der Waals surface area (Å²) in [6, 6.07) is 7.67. The Labute approximate surface area is 205 Å². The Balaban J connectivity index is 1.30. The number of pyridine rings is 3. The molecule has 0 aromatic carbocycles. The molecule has 0 atom stereocenters. The highest BCUT2D eigenvalue weighted by Gasteiger charge is 2.43. The van der Waals surface area contributed by atoms with E-state index in [1.54, 1.807) is 18.5 Å². The quantitative estimate of drug-likeness (QED) is 0.410. The molecule has 1 amide bonds. The third-order valence-electron chi connectivity index (χ3n) is 6.80. The van der Waals surface area contributed by atoms with Gasteiger partial charge in [-0.1, -0.05) is 0 Å². The van der Waals surface area contributed by atoms with Crippen LogP contribution in [-0.4, -0.2) is 61.1 Å². The SMILES string of the molecule is CN(C)c1ccncc1Nc1cc(Nc2ccc(N3CC4(CCNCC4)C3)cn2)ncc1C(N)=O. The van der Waals surface area contributed by atoms with E-state index < -0.39 is 5.91 Å². The van der Waals surface area contributed by atoms with Gasteiger partial charge in [0.25, 0.3) is 5.91 Å². The first-order chi connectivity index (χ1) is 16.9. The Kier molecular flexibility index (Phi) is 6.12. The van der Waals surface area contributed by atoms with Gasteiger partial charge >= 0.3 is 0 Å². The van der Waals surface area contributed by atoms with E-state index >= 15 is 0 Å². The van der Waals surface area contributed by atoms with E-state index in [4.69, 9.17) is 5.73 Å². The number of carbonyl (C=O) groups excluding carboxylic acids is 1. The van der Waals surface area contributed by atoms with Gasteiger partial charge in [-0.15, -0.1) is 0 Å². The van der Waals surface area contributed by atoms with Crippen molar-refractivity contribution in [2.24, 2.45) is 11.1 Å². The summed E-state index contributed by atoms with van der Waals surface area (Å²) in [6.45, 7) is 4.42. The third kappa shape index (κ3) is 4.83. The van der Waals surface area contributed by atoms with Crippen molar-refractivity contribution in [2.75, 3.05) is 60.7 Å². The average Bonchev–Trinajstić information content (AvgIpc) is 2.84. The van der Waals surface area contributed by atoms with Crippen LogP contribution in [-0.2, 0) is 0 Å². The minimum Gasteiger partial charge on any atom is -0.376 e. The molecule has 10 heteroatoms. The van der Waals surface area contributed by atoms with Crippen LogP contribution >= 0.6 is 0 Å². The number of primary amides is 1. The van der Waals surface area contributed by atoms with Crippen molar-refractivity contribution in [1.29, 1.82) is 0 Å². The molecule has 10 nitrogen and oxygen atoms in total. The Morgan fingerprint density at radius 2 is 1.80 bits per heavy atom. The third-order valence-corrected chi connectivity index (χ3v) is 6.80. The van der Waals surface area contributed by atoms with Gasteiger partial charge in [-0.25, -0.2) is 9.97 Å². The highest BCUT2D eigenvalue weighted by atomic mass is 16.1. The first-order valence-electron chi connectivity index (χ1n) is 11.8. The van der Waals surface area contributed by atoms with E-state index in [-0.39, 0.29) is 5.56 Å². The van der Waals surface area contributed by atoms with Crippen molar-refractivity contribution in [3.63, 3.8) is 0 Å². The van der Waals surface area contributed by atoms with E-state index in [0.29, 0.717) is 22.7 Å². The number of hydrogen-bond acceptors (Lipinski definition) is 9. The second kappa shape index (κ2) is 9.38. The lowest BCUT2D eigenvalue weighted by atomic mass is 9.72. The van der Waals surface area contributed by atoms with Crippen molar-refractivity contribution in [3.8, 4) is 0 Å². The van der Waals surface area contributed by atoms with E-state index in [0.717, 1.165) is 43.2 Å². The van der Waals surface area contributed by atoms with Gasteiger partial charge in [0.1, 0.15) is 11.6 Å². The summed E-state index contributed by atoms with van der Waals surface area (Å²) < 4.78 is 0. The van der Waals surface area contributed by atoms with Crippen LogP contribution < -0.4 is 31.5 Å². The second-order valence-corrected chi connectivity index (χ2v) is 9.52. The number of rotatable bonds is 7. The van der Waals surface area contributed by atoms with E-state index in [9.17, 15) is 4.79 Å². The van der Waals surface area contributed by atoms with Crippen LogP contribution in [0.25, 0.3) is 0 Å². The fourth-order valence-electron chi connectivity index (χ4n) is 4.84. The summed E-state index contributed by atoms with van der Waals surface area (Å²) >= 11 is 0. The minimum atomic E-state index is -0.564. The molecule has 1 spiro atoms. The normalized spacial score (nSPS) is 16.5. The number of aromatic nitrogens is 3.